The number of hydrogen-bond donors (Lipinski definition) is 3. The molecular weight excluding hydrogens is 346 g/mol. The first-order valence-corrected chi connectivity index (χ1v) is 8.05. The minimum Gasteiger partial charge on any atom is -0.366 e. The van der Waals surface area contributed by atoms with E-state index in [1.165, 1.54) is 22.9 Å². The molecule has 27 heavy (non-hydrogen) atoms. The Labute approximate surface area is 155 Å². The SMILES string of the molecule is Cn1nc(C(=O)Nc2ccc(C(N)=O)cc2)cc1NC(=O)c1ccccc1. The Morgan fingerprint density at radius 1 is 0.889 bits per heavy atom. The standard InChI is InChI=1S/C19H17N5O3/c1-24-16(22-18(26)13-5-3-2-4-6-13)11-15(23-24)19(27)21-14-9-7-12(8-10-14)17(20)25/h2-11H,1H3,(H2,20,25)(H,21,27)(H,22,26). The van der Waals surface area contributed by atoms with Crippen molar-refractivity contribution >= 4 is 29.2 Å². The molecule has 3 rings (SSSR count). The highest BCUT2D eigenvalue weighted by Gasteiger charge is 2.15. The molecule has 0 aliphatic carbocycles. The van der Waals surface area contributed by atoms with Crippen molar-refractivity contribution in [3.63, 3.8) is 0 Å². The smallest absolute Gasteiger partial charge is 0.276 e. The van der Waals surface area contributed by atoms with Crippen LogP contribution in [0.3, 0.4) is 0 Å². The van der Waals surface area contributed by atoms with Crippen LogP contribution >= 0.6 is 0 Å². The first kappa shape index (κ1) is 17.9. The lowest BCUT2D eigenvalue weighted by Gasteiger charge is -2.04. The van der Waals surface area contributed by atoms with Crippen molar-refractivity contribution in [3.8, 4) is 0 Å². The number of rotatable bonds is 5. The number of hydrogen-bond acceptors (Lipinski definition) is 4. The van der Waals surface area contributed by atoms with Crippen molar-refractivity contribution in [2.24, 2.45) is 12.8 Å². The second-order valence-corrected chi connectivity index (χ2v) is 5.75. The number of primary amides is 1. The molecule has 0 saturated heterocycles. The van der Waals surface area contributed by atoms with Gasteiger partial charge < -0.3 is 16.4 Å². The van der Waals surface area contributed by atoms with Crippen LogP contribution in [0.25, 0.3) is 0 Å². The zero-order valence-electron chi connectivity index (χ0n) is 14.5. The van der Waals surface area contributed by atoms with Gasteiger partial charge in [0.2, 0.25) is 5.91 Å². The molecule has 3 aromatic rings. The van der Waals surface area contributed by atoms with Crippen LogP contribution in [-0.4, -0.2) is 27.5 Å². The van der Waals surface area contributed by atoms with Gasteiger partial charge in [0.1, 0.15) is 5.82 Å². The Morgan fingerprint density at radius 3 is 2.19 bits per heavy atom. The molecule has 0 atom stereocenters. The summed E-state index contributed by atoms with van der Waals surface area (Å²) in [5.41, 5.74) is 6.66. The van der Waals surface area contributed by atoms with Crippen LogP contribution in [-0.2, 0) is 7.05 Å². The number of amides is 3. The van der Waals surface area contributed by atoms with Crippen LogP contribution in [0.1, 0.15) is 31.2 Å². The third kappa shape index (κ3) is 4.18. The summed E-state index contributed by atoms with van der Waals surface area (Å²) in [6.07, 6.45) is 0. The lowest BCUT2D eigenvalue weighted by atomic mass is 10.2. The third-order valence-corrected chi connectivity index (χ3v) is 3.82. The predicted octanol–water partition coefficient (Wildman–Crippen LogP) is 2.02. The number of nitrogens with two attached hydrogens (primary N) is 1. The fourth-order valence-corrected chi connectivity index (χ4v) is 2.39. The maximum atomic E-state index is 12.4. The van der Waals surface area contributed by atoms with E-state index in [2.05, 4.69) is 15.7 Å². The molecule has 0 fully saturated rings. The van der Waals surface area contributed by atoms with Crippen molar-refractivity contribution in [3.05, 3.63) is 77.5 Å². The van der Waals surface area contributed by atoms with E-state index < -0.39 is 11.8 Å². The fourth-order valence-electron chi connectivity index (χ4n) is 2.39. The van der Waals surface area contributed by atoms with Gasteiger partial charge in [0.15, 0.2) is 5.69 Å². The molecule has 0 aliphatic heterocycles. The largest absolute Gasteiger partial charge is 0.366 e. The van der Waals surface area contributed by atoms with Crippen LogP contribution in [0.2, 0.25) is 0 Å². The number of carbonyl (C=O) groups excluding carboxylic acids is 3. The Balaban J connectivity index is 1.70. The first-order valence-electron chi connectivity index (χ1n) is 8.05. The van der Waals surface area contributed by atoms with Gasteiger partial charge in [-0.05, 0) is 36.4 Å². The highest BCUT2D eigenvalue weighted by atomic mass is 16.2. The van der Waals surface area contributed by atoms with Gasteiger partial charge in [-0.25, -0.2) is 0 Å². The molecule has 4 N–H and O–H groups in total. The average Bonchev–Trinajstić information content (AvgIpc) is 3.03. The molecule has 3 amide bonds. The minimum absolute atomic E-state index is 0.139. The Kier molecular flexibility index (Phi) is 4.98. The van der Waals surface area contributed by atoms with Gasteiger partial charge in [0.05, 0.1) is 0 Å². The molecule has 8 heteroatoms. The zero-order chi connectivity index (χ0) is 19.4. The summed E-state index contributed by atoms with van der Waals surface area (Å²) >= 11 is 0. The summed E-state index contributed by atoms with van der Waals surface area (Å²) in [5.74, 6) is -0.903. The quantitative estimate of drug-likeness (QED) is 0.642. The Hall–Kier alpha value is -3.94. The van der Waals surface area contributed by atoms with E-state index in [0.717, 1.165) is 0 Å². The molecule has 8 nitrogen and oxygen atoms in total. The van der Waals surface area contributed by atoms with Crippen LogP contribution in [0.4, 0.5) is 11.5 Å². The number of aryl methyl sites for hydroxylation is 1. The topological polar surface area (TPSA) is 119 Å². The lowest BCUT2D eigenvalue weighted by molar-refractivity contribution is 0.0996. The van der Waals surface area contributed by atoms with Crippen molar-refractivity contribution in [1.82, 2.24) is 9.78 Å². The number of aromatic nitrogens is 2. The van der Waals surface area contributed by atoms with Crippen LogP contribution in [0.5, 0.6) is 0 Å². The van der Waals surface area contributed by atoms with Gasteiger partial charge in [0.25, 0.3) is 11.8 Å². The summed E-state index contributed by atoms with van der Waals surface area (Å²) in [4.78, 5) is 35.7. The van der Waals surface area contributed by atoms with Crippen molar-refractivity contribution in [2.75, 3.05) is 10.6 Å². The minimum atomic E-state index is -0.545. The van der Waals surface area contributed by atoms with E-state index in [0.29, 0.717) is 22.6 Å². The monoisotopic (exact) mass is 363 g/mol. The summed E-state index contributed by atoms with van der Waals surface area (Å²) in [6, 6.07) is 16.4. The number of nitrogens with zero attached hydrogens (tertiary/aromatic N) is 2. The second kappa shape index (κ2) is 7.52. The van der Waals surface area contributed by atoms with Gasteiger partial charge in [-0.3, -0.25) is 19.1 Å². The van der Waals surface area contributed by atoms with Crippen molar-refractivity contribution in [2.45, 2.75) is 0 Å². The molecule has 0 spiro atoms. The van der Waals surface area contributed by atoms with E-state index in [-0.39, 0.29) is 11.6 Å². The molecular formula is C19H17N5O3. The first-order chi connectivity index (χ1) is 12.9. The zero-order valence-corrected chi connectivity index (χ0v) is 14.5. The number of carbonyl (C=O) groups is 3. The van der Waals surface area contributed by atoms with Crippen LogP contribution in [0.15, 0.2) is 60.7 Å². The van der Waals surface area contributed by atoms with Crippen LogP contribution in [0, 0.1) is 0 Å². The fraction of sp³-hybridized carbons (Fsp3) is 0.0526. The highest BCUT2D eigenvalue weighted by molar-refractivity contribution is 6.06. The van der Waals surface area contributed by atoms with Gasteiger partial charge in [-0.2, -0.15) is 5.10 Å². The third-order valence-electron chi connectivity index (χ3n) is 3.82. The molecule has 0 radical (unpaired) electrons. The van der Waals surface area contributed by atoms with Gasteiger partial charge in [-0.15, -0.1) is 0 Å². The number of benzene rings is 2. The number of anilines is 2. The Bertz CT molecular complexity index is 994. The van der Waals surface area contributed by atoms with Gasteiger partial charge >= 0.3 is 0 Å². The van der Waals surface area contributed by atoms with Gasteiger partial charge in [0, 0.05) is 29.9 Å². The van der Waals surface area contributed by atoms with E-state index in [1.54, 1.807) is 43.4 Å². The number of nitrogens with one attached hydrogen (secondary N) is 2. The van der Waals surface area contributed by atoms with E-state index in [4.69, 9.17) is 5.73 Å². The lowest BCUT2D eigenvalue weighted by Crippen LogP contribution is -2.14. The summed E-state index contributed by atoms with van der Waals surface area (Å²) in [6.45, 7) is 0. The van der Waals surface area contributed by atoms with E-state index >= 15 is 0 Å². The van der Waals surface area contributed by atoms with Gasteiger partial charge in [-0.1, -0.05) is 18.2 Å². The molecule has 0 bridgehead atoms. The molecule has 136 valence electrons. The molecule has 1 aromatic heterocycles. The van der Waals surface area contributed by atoms with Crippen molar-refractivity contribution in [1.29, 1.82) is 0 Å². The summed E-state index contributed by atoms with van der Waals surface area (Å²) in [5, 5.41) is 9.50. The molecule has 0 unspecified atom stereocenters. The normalized spacial score (nSPS) is 10.3. The molecule has 1 heterocycles. The highest BCUT2D eigenvalue weighted by Crippen LogP contribution is 2.14. The van der Waals surface area contributed by atoms with E-state index in [1.807, 2.05) is 6.07 Å². The maximum absolute atomic E-state index is 12.4. The molecule has 2 aromatic carbocycles. The average molecular weight is 363 g/mol. The summed E-state index contributed by atoms with van der Waals surface area (Å²) in [7, 11) is 1.62. The van der Waals surface area contributed by atoms with E-state index in [9.17, 15) is 14.4 Å². The van der Waals surface area contributed by atoms with Crippen molar-refractivity contribution < 1.29 is 14.4 Å². The van der Waals surface area contributed by atoms with Crippen LogP contribution < -0.4 is 16.4 Å². The second-order valence-electron chi connectivity index (χ2n) is 5.75. The predicted molar refractivity (Wildman–Crippen MR) is 101 cm³/mol. The Morgan fingerprint density at radius 2 is 1.56 bits per heavy atom. The maximum Gasteiger partial charge on any atom is 0.276 e. The molecule has 0 aliphatic rings. The molecule has 0 saturated carbocycles. The summed E-state index contributed by atoms with van der Waals surface area (Å²) < 4.78 is 1.41.